The van der Waals surface area contributed by atoms with Crippen LogP contribution in [0.2, 0.25) is 0 Å². The Morgan fingerprint density at radius 1 is 1.29 bits per heavy atom. The van der Waals surface area contributed by atoms with E-state index in [2.05, 4.69) is 10.6 Å². The number of carbonyl (C=O) groups excluding carboxylic acids is 1. The minimum atomic E-state index is -4.45. The number of piperidine rings is 1. The van der Waals surface area contributed by atoms with Gasteiger partial charge in [0.15, 0.2) is 0 Å². The average molecular weight is 383 g/mol. The van der Waals surface area contributed by atoms with Crippen molar-refractivity contribution in [2.75, 3.05) is 19.6 Å². The van der Waals surface area contributed by atoms with Gasteiger partial charge in [0.05, 0.1) is 5.75 Å². The molecule has 1 aliphatic heterocycles. The molecule has 0 aromatic heterocycles. The zero-order chi connectivity index (χ0) is 16.9. The lowest BCUT2D eigenvalue weighted by Gasteiger charge is -2.22. The normalized spacial score (nSPS) is 18.0. The standard InChI is InChI=1S/C15H20F2N2O3S.ClH/c16-15(17)23(21,22)10-11-3-5-13(6-4-11)14(20)19-9-12-2-1-7-18-8-12;/h3-6,12,15,18H,1-2,7-10H2,(H,19,20);1H. The lowest BCUT2D eigenvalue weighted by molar-refractivity contribution is 0.0945. The summed E-state index contributed by atoms with van der Waals surface area (Å²) in [6.45, 7) is 2.46. The Bertz CT molecular complexity index is 633. The largest absolute Gasteiger partial charge is 0.352 e. The molecule has 1 aliphatic rings. The van der Waals surface area contributed by atoms with E-state index in [1.165, 1.54) is 24.3 Å². The molecule has 0 spiro atoms. The lowest BCUT2D eigenvalue weighted by Crippen LogP contribution is -2.38. The third-order valence-corrected chi connectivity index (χ3v) is 5.08. The molecule has 1 amide bonds. The molecule has 5 nitrogen and oxygen atoms in total. The minimum absolute atomic E-state index is 0. The second-order valence-corrected chi connectivity index (χ2v) is 7.66. The van der Waals surface area contributed by atoms with Crippen LogP contribution in [0.4, 0.5) is 8.78 Å². The second-order valence-electron chi connectivity index (χ2n) is 5.69. The number of benzene rings is 1. The Kier molecular flexibility index (Phi) is 8.05. The molecule has 1 atom stereocenters. The second kappa shape index (κ2) is 9.29. The van der Waals surface area contributed by atoms with Gasteiger partial charge in [0.25, 0.3) is 5.91 Å². The molecule has 0 bridgehead atoms. The van der Waals surface area contributed by atoms with Crippen LogP contribution >= 0.6 is 12.4 Å². The summed E-state index contributed by atoms with van der Waals surface area (Å²) in [5, 5.41) is 6.10. The fourth-order valence-electron chi connectivity index (χ4n) is 2.48. The highest BCUT2D eigenvalue weighted by atomic mass is 35.5. The van der Waals surface area contributed by atoms with Crippen LogP contribution in [0.25, 0.3) is 0 Å². The average Bonchev–Trinajstić information content (AvgIpc) is 2.54. The van der Waals surface area contributed by atoms with E-state index >= 15 is 0 Å². The first kappa shape index (κ1) is 20.8. The lowest BCUT2D eigenvalue weighted by atomic mass is 9.99. The number of carbonyl (C=O) groups is 1. The molecule has 24 heavy (non-hydrogen) atoms. The van der Waals surface area contributed by atoms with Crippen LogP contribution in [-0.4, -0.2) is 39.7 Å². The van der Waals surface area contributed by atoms with E-state index in [0.29, 0.717) is 18.0 Å². The quantitative estimate of drug-likeness (QED) is 0.788. The topological polar surface area (TPSA) is 75.3 Å². The van der Waals surface area contributed by atoms with Crippen LogP contribution in [0, 0.1) is 5.92 Å². The third kappa shape index (κ3) is 5.99. The molecule has 1 saturated heterocycles. The third-order valence-electron chi connectivity index (χ3n) is 3.81. The van der Waals surface area contributed by atoms with Crippen molar-refractivity contribution in [2.24, 2.45) is 5.92 Å². The molecule has 2 rings (SSSR count). The number of nitrogens with one attached hydrogen (secondary N) is 2. The van der Waals surface area contributed by atoms with Crippen LogP contribution in [0.1, 0.15) is 28.8 Å². The van der Waals surface area contributed by atoms with Crippen molar-refractivity contribution in [3.8, 4) is 0 Å². The van der Waals surface area contributed by atoms with Crippen molar-refractivity contribution < 1.29 is 22.0 Å². The van der Waals surface area contributed by atoms with Crippen LogP contribution in [0.5, 0.6) is 0 Å². The molecule has 9 heteroatoms. The first-order chi connectivity index (χ1) is 10.9. The Labute approximate surface area is 146 Å². The van der Waals surface area contributed by atoms with E-state index < -0.39 is 21.3 Å². The molecule has 1 aromatic carbocycles. The molecule has 0 saturated carbocycles. The maximum atomic E-state index is 12.3. The van der Waals surface area contributed by atoms with E-state index in [-0.39, 0.29) is 23.9 Å². The maximum Gasteiger partial charge on any atom is 0.337 e. The Balaban J connectivity index is 0.00000288. The highest BCUT2D eigenvalue weighted by molar-refractivity contribution is 7.90. The maximum absolute atomic E-state index is 12.3. The van der Waals surface area contributed by atoms with Crippen LogP contribution in [0.15, 0.2) is 24.3 Å². The molecule has 0 radical (unpaired) electrons. The SMILES string of the molecule is Cl.O=C(NCC1CCCNC1)c1ccc(CS(=O)(=O)C(F)F)cc1. The number of amides is 1. The number of alkyl halides is 2. The van der Waals surface area contributed by atoms with Crippen molar-refractivity contribution >= 4 is 28.2 Å². The molecule has 2 N–H and O–H groups in total. The molecule has 0 aliphatic carbocycles. The zero-order valence-corrected chi connectivity index (χ0v) is 14.6. The number of rotatable bonds is 6. The Morgan fingerprint density at radius 3 is 2.50 bits per heavy atom. The molecule has 1 heterocycles. The fraction of sp³-hybridized carbons (Fsp3) is 0.533. The smallest absolute Gasteiger partial charge is 0.337 e. The van der Waals surface area contributed by atoms with Crippen LogP contribution in [0.3, 0.4) is 0 Å². The highest BCUT2D eigenvalue weighted by Crippen LogP contribution is 2.14. The van der Waals surface area contributed by atoms with Gasteiger partial charge in [0, 0.05) is 12.1 Å². The first-order valence-electron chi connectivity index (χ1n) is 7.46. The van der Waals surface area contributed by atoms with E-state index in [1.54, 1.807) is 0 Å². The summed E-state index contributed by atoms with van der Waals surface area (Å²) in [4.78, 5) is 12.0. The van der Waals surface area contributed by atoms with Gasteiger partial charge in [-0.05, 0) is 49.5 Å². The number of halogens is 3. The van der Waals surface area contributed by atoms with E-state index in [0.717, 1.165) is 25.9 Å². The van der Waals surface area contributed by atoms with Gasteiger partial charge in [0.2, 0.25) is 9.84 Å². The molecule has 1 unspecified atom stereocenters. The summed E-state index contributed by atoms with van der Waals surface area (Å²) in [6.07, 6.45) is 2.16. The summed E-state index contributed by atoms with van der Waals surface area (Å²) < 4.78 is 47.0. The summed E-state index contributed by atoms with van der Waals surface area (Å²) in [5.41, 5.74) is 0.616. The van der Waals surface area contributed by atoms with Crippen LogP contribution < -0.4 is 10.6 Å². The number of hydrogen-bond acceptors (Lipinski definition) is 4. The molecular formula is C15H21ClF2N2O3S. The van der Waals surface area contributed by atoms with Gasteiger partial charge in [-0.15, -0.1) is 12.4 Å². The Morgan fingerprint density at radius 2 is 1.96 bits per heavy atom. The predicted octanol–water partition coefficient (Wildman–Crippen LogP) is 1.98. The summed E-state index contributed by atoms with van der Waals surface area (Å²) in [5.74, 6) is -3.98. The van der Waals surface area contributed by atoms with E-state index in [9.17, 15) is 22.0 Å². The van der Waals surface area contributed by atoms with E-state index in [4.69, 9.17) is 0 Å². The minimum Gasteiger partial charge on any atom is -0.352 e. The van der Waals surface area contributed by atoms with Gasteiger partial charge in [0.1, 0.15) is 0 Å². The van der Waals surface area contributed by atoms with Crippen molar-refractivity contribution in [2.45, 2.75) is 24.4 Å². The number of hydrogen-bond donors (Lipinski definition) is 2. The van der Waals surface area contributed by atoms with Crippen molar-refractivity contribution in [1.29, 1.82) is 0 Å². The molecule has 136 valence electrons. The molecular weight excluding hydrogens is 362 g/mol. The van der Waals surface area contributed by atoms with Crippen molar-refractivity contribution in [3.05, 3.63) is 35.4 Å². The van der Waals surface area contributed by atoms with Crippen LogP contribution in [-0.2, 0) is 15.6 Å². The zero-order valence-electron chi connectivity index (χ0n) is 13.0. The van der Waals surface area contributed by atoms with Gasteiger partial charge in [-0.3, -0.25) is 4.79 Å². The van der Waals surface area contributed by atoms with Crippen molar-refractivity contribution in [1.82, 2.24) is 10.6 Å². The van der Waals surface area contributed by atoms with Crippen molar-refractivity contribution in [3.63, 3.8) is 0 Å². The van der Waals surface area contributed by atoms with E-state index in [1.807, 2.05) is 0 Å². The van der Waals surface area contributed by atoms with Gasteiger partial charge < -0.3 is 10.6 Å². The monoisotopic (exact) mass is 382 g/mol. The molecule has 1 aromatic rings. The van der Waals surface area contributed by atoms with Gasteiger partial charge in [-0.25, -0.2) is 8.42 Å². The highest BCUT2D eigenvalue weighted by Gasteiger charge is 2.24. The fourth-order valence-corrected chi connectivity index (χ4v) is 3.27. The van der Waals surface area contributed by atoms with Gasteiger partial charge in [-0.2, -0.15) is 8.78 Å². The summed E-state index contributed by atoms with van der Waals surface area (Å²) in [6, 6.07) is 5.67. The predicted molar refractivity (Wildman–Crippen MR) is 90.2 cm³/mol. The summed E-state index contributed by atoms with van der Waals surface area (Å²) >= 11 is 0. The molecule has 1 fully saturated rings. The number of sulfone groups is 1. The summed E-state index contributed by atoms with van der Waals surface area (Å²) in [7, 11) is -4.45. The Hall–Kier alpha value is -1.25. The van der Waals surface area contributed by atoms with Gasteiger partial charge in [-0.1, -0.05) is 12.1 Å². The first-order valence-corrected chi connectivity index (χ1v) is 9.17. The van der Waals surface area contributed by atoms with Gasteiger partial charge >= 0.3 is 5.76 Å².